The number of benzene rings is 1. The van der Waals surface area contributed by atoms with Crippen molar-refractivity contribution in [2.45, 2.75) is 44.7 Å². The molecular formula is C23H24FN5O2. The number of H-pyrrole nitrogens is 1. The maximum Gasteiger partial charge on any atom is 0.247 e. The molecule has 1 aromatic carbocycles. The van der Waals surface area contributed by atoms with Gasteiger partial charge >= 0.3 is 0 Å². The minimum absolute atomic E-state index is 0.00740. The van der Waals surface area contributed by atoms with E-state index in [9.17, 15) is 14.0 Å². The highest BCUT2D eigenvalue weighted by Gasteiger charge is 2.22. The Morgan fingerprint density at radius 1 is 1.06 bits per heavy atom. The molecule has 8 heteroatoms. The van der Waals surface area contributed by atoms with Crippen molar-refractivity contribution in [2.75, 3.05) is 5.32 Å². The zero-order valence-corrected chi connectivity index (χ0v) is 17.2. The van der Waals surface area contributed by atoms with Crippen LogP contribution in [0.15, 0.2) is 53.6 Å². The Balaban J connectivity index is 1.51. The van der Waals surface area contributed by atoms with Gasteiger partial charge in [-0.05, 0) is 48.9 Å². The summed E-state index contributed by atoms with van der Waals surface area (Å²) < 4.78 is 14.6. The number of amides is 1. The van der Waals surface area contributed by atoms with Crippen molar-refractivity contribution in [3.63, 3.8) is 0 Å². The molecule has 0 saturated heterocycles. The highest BCUT2D eigenvalue weighted by atomic mass is 19.1. The Morgan fingerprint density at radius 3 is 2.52 bits per heavy atom. The summed E-state index contributed by atoms with van der Waals surface area (Å²) in [5.41, 5.74) is 2.34. The number of anilines is 1. The molecule has 0 atom stereocenters. The number of aromatic amines is 1. The van der Waals surface area contributed by atoms with Crippen molar-refractivity contribution < 1.29 is 9.18 Å². The highest BCUT2D eigenvalue weighted by Crippen LogP contribution is 2.27. The van der Waals surface area contributed by atoms with Crippen molar-refractivity contribution in [3.8, 4) is 22.4 Å². The first-order chi connectivity index (χ1) is 15.0. The highest BCUT2D eigenvalue weighted by molar-refractivity contribution is 5.73. The molecule has 2 heterocycles. The Labute approximate surface area is 179 Å². The molecule has 1 aliphatic carbocycles. The molecule has 3 N–H and O–H groups in total. The van der Waals surface area contributed by atoms with Gasteiger partial charge in [0.1, 0.15) is 5.69 Å². The number of rotatable bonds is 5. The summed E-state index contributed by atoms with van der Waals surface area (Å²) in [6.45, 7) is 1.53. The zero-order chi connectivity index (χ0) is 21.8. The SMILES string of the molecule is CC(=O)N[C@H]1CC[C@H](Nc2ncc(F)c(-c3cccc(-c4ccc(=O)[nH]c4)c3)n2)CC1. The van der Waals surface area contributed by atoms with E-state index in [4.69, 9.17) is 0 Å². The number of hydrogen-bond donors (Lipinski definition) is 3. The molecule has 3 aromatic rings. The summed E-state index contributed by atoms with van der Waals surface area (Å²) in [4.78, 5) is 33.7. The minimum Gasteiger partial charge on any atom is -0.354 e. The topological polar surface area (TPSA) is 99.8 Å². The number of nitrogens with zero attached hydrogens (tertiary/aromatic N) is 2. The van der Waals surface area contributed by atoms with Crippen LogP contribution in [0.2, 0.25) is 0 Å². The Hall–Kier alpha value is -3.55. The van der Waals surface area contributed by atoms with Crippen LogP contribution in [-0.4, -0.2) is 32.9 Å². The Bertz CT molecular complexity index is 1120. The molecule has 160 valence electrons. The van der Waals surface area contributed by atoms with E-state index in [2.05, 4.69) is 25.6 Å². The maximum atomic E-state index is 14.6. The van der Waals surface area contributed by atoms with E-state index < -0.39 is 5.82 Å². The fourth-order valence-corrected chi connectivity index (χ4v) is 3.93. The van der Waals surface area contributed by atoms with Gasteiger partial charge in [0.05, 0.1) is 6.20 Å². The molecule has 1 amide bonds. The summed E-state index contributed by atoms with van der Waals surface area (Å²) in [6.07, 6.45) is 6.33. The quantitative estimate of drug-likeness (QED) is 0.586. The van der Waals surface area contributed by atoms with Crippen LogP contribution in [0.25, 0.3) is 22.4 Å². The third-order valence-electron chi connectivity index (χ3n) is 5.47. The van der Waals surface area contributed by atoms with Crippen molar-refractivity contribution in [1.82, 2.24) is 20.3 Å². The average molecular weight is 421 g/mol. The standard InChI is InChI=1S/C23H24FN5O2/c1-14(30)27-18-6-8-19(9-7-18)28-23-26-13-20(24)22(29-23)16-4-2-3-15(11-16)17-5-10-21(31)25-12-17/h2-5,10-13,18-19H,6-9H2,1H3,(H,25,31)(H,27,30)(H,26,28,29)/t18-,19-. The van der Waals surface area contributed by atoms with Gasteiger partial charge in [-0.2, -0.15) is 0 Å². The van der Waals surface area contributed by atoms with E-state index >= 15 is 0 Å². The molecule has 2 aromatic heterocycles. The van der Waals surface area contributed by atoms with Gasteiger partial charge in [0, 0.05) is 36.8 Å². The van der Waals surface area contributed by atoms with Crippen LogP contribution in [0.4, 0.5) is 10.3 Å². The second-order valence-electron chi connectivity index (χ2n) is 7.81. The van der Waals surface area contributed by atoms with E-state index in [0.717, 1.165) is 36.8 Å². The van der Waals surface area contributed by atoms with Crippen molar-refractivity contribution in [1.29, 1.82) is 0 Å². The fraction of sp³-hybridized carbons (Fsp3) is 0.304. The molecule has 0 unspecified atom stereocenters. The van der Waals surface area contributed by atoms with Crippen LogP contribution < -0.4 is 16.2 Å². The van der Waals surface area contributed by atoms with E-state index in [1.165, 1.54) is 19.2 Å². The molecule has 0 radical (unpaired) electrons. The lowest BCUT2D eigenvalue weighted by Gasteiger charge is -2.29. The predicted octanol–water partition coefficient (Wildman–Crippen LogP) is 3.50. The molecule has 0 aliphatic heterocycles. The molecule has 1 aliphatic rings. The molecule has 4 rings (SSSR count). The van der Waals surface area contributed by atoms with Crippen molar-refractivity contribution in [3.05, 3.63) is 65.0 Å². The molecule has 31 heavy (non-hydrogen) atoms. The second kappa shape index (κ2) is 9.07. The van der Waals surface area contributed by atoms with Crippen LogP contribution in [0.1, 0.15) is 32.6 Å². The van der Waals surface area contributed by atoms with Gasteiger partial charge in [0.25, 0.3) is 0 Å². The van der Waals surface area contributed by atoms with E-state index in [-0.39, 0.29) is 29.2 Å². The third kappa shape index (κ3) is 5.14. The fourth-order valence-electron chi connectivity index (χ4n) is 3.93. The smallest absolute Gasteiger partial charge is 0.247 e. The summed E-state index contributed by atoms with van der Waals surface area (Å²) in [5, 5.41) is 6.26. The minimum atomic E-state index is -0.501. The van der Waals surface area contributed by atoms with Crippen LogP contribution in [-0.2, 0) is 4.79 Å². The number of hydrogen-bond acceptors (Lipinski definition) is 5. The average Bonchev–Trinajstić information content (AvgIpc) is 2.77. The van der Waals surface area contributed by atoms with Crippen LogP contribution in [0.3, 0.4) is 0 Å². The van der Waals surface area contributed by atoms with Crippen LogP contribution >= 0.6 is 0 Å². The predicted molar refractivity (Wildman–Crippen MR) is 117 cm³/mol. The Morgan fingerprint density at radius 2 is 1.81 bits per heavy atom. The maximum absolute atomic E-state index is 14.6. The third-order valence-corrected chi connectivity index (χ3v) is 5.47. The molecule has 7 nitrogen and oxygen atoms in total. The summed E-state index contributed by atoms with van der Waals surface area (Å²) in [7, 11) is 0. The van der Waals surface area contributed by atoms with Gasteiger partial charge in [-0.15, -0.1) is 0 Å². The van der Waals surface area contributed by atoms with Gasteiger partial charge in [-0.3, -0.25) is 9.59 Å². The van der Waals surface area contributed by atoms with E-state index in [0.29, 0.717) is 11.5 Å². The van der Waals surface area contributed by atoms with Crippen molar-refractivity contribution >= 4 is 11.9 Å². The number of aromatic nitrogens is 3. The van der Waals surface area contributed by atoms with Gasteiger partial charge in [0.15, 0.2) is 5.82 Å². The summed E-state index contributed by atoms with van der Waals surface area (Å²) in [5.74, 6) is -0.126. The molecule has 1 saturated carbocycles. The number of nitrogens with one attached hydrogen (secondary N) is 3. The molecule has 0 spiro atoms. The number of pyridine rings is 1. The lowest BCUT2D eigenvalue weighted by atomic mass is 9.91. The number of carbonyl (C=O) groups excluding carboxylic acids is 1. The van der Waals surface area contributed by atoms with E-state index in [1.54, 1.807) is 18.3 Å². The van der Waals surface area contributed by atoms with Crippen LogP contribution in [0, 0.1) is 5.82 Å². The summed E-state index contributed by atoms with van der Waals surface area (Å²) >= 11 is 0. The first kappa shape index (κ1) is 20.7. The van der Waals surface area contributed by atoms with Crippen LogP contribution in [0.5, 0.6) is 0 Å². The largest absolute Gasteiger partial charge is 0.354 e. The second-order valence-corrected chi connectivity index (χ2v) is 7.81. The van der Waals surface area contributed by atoms with Crippen molar-refractivity contribution in [2.24, 2.45) is 0 Å². The number of carbonyl (C=O) groups is 1. The summed E-state index contributed by atoms with van der Waals surface area (Å²) in [6, 6.07) is 10.9. The molecule has 1 fully saturated rings. The normalized spacial score (nSPS) is 18.4. The van der Waals surface area contributed by atoms with Gasteiger partial charge in [0.2, 0.25) is 17.4 Å². The lowest BCUT2D eigenvalue weighted by Crippen LogP contribution is -2.39. The monoisotopic (exact) mass is 421 g/mol. The van der Waals surface area contributed by atoms with Gasteiger partial charge in [-0.1, -0.05) is 18.2 Å². The molecular weight excluding hydrogens is 397 g/mol. The lowest BCUT2D eigenvalue weighted by molar-refractivity contribution is -0.119. The van der Waals surface area contributed by atoms with Gasteiger partial charge in [-0.25, -0.2) is 14.4 Å². The van der Waals surface area contributed by atoms with Gasteiger partial charge < -0.3 is 15.6 Å². The van der Waals surface area contributed by atoms with E-state index in [1.807, 2.05) is 18.2 Å². The number of halogens is 1. The Kier molecular flexibility index (Phi) is 6.06. The molecule has 0 bridgehead atoms. The first-order valence-corrected chi connectivity index (χ1v) is 10.3. The zero-order valence-electron chi connectivity index (χ0n) is 17.2. The first-order valence-electron chi connectivity index (χ1n) is 10.3.